The molecule has 3 rings (SSSR count). The summed E-state index contributed by atoms with van der Waals surface area (Å²) in [7, 11) is -3.17. The van der Waals surface area contributed by atoms with E-state index in [0.717, 1.165) is 29.5 Å². The van der Waals surface area contributed by atoms with E-state index in [1.54, 1.807) is 0 Å². The molecule has 1 aromatic heterocycles. The van der Waals surface area contributed by atoms with Crippen LogP contribution in [-0.2, 0) is 16.6 Å². The molecule has 0 aliphatic heterocycles. The molecular weight excluding hydrogens is 314 g/mol. The number of hydrogen-bond acceptors (Lipinski definition) is 6. The summed E-state index contributed by atoms with van der Waals surface area (Å²) in [6, 6.07) is 7.46. The Hall–Kier alpha value is -2.19. The highest BCUT2D eigenvalue weighted by Crippen LogP contribution is 2.28. The first-order chi connectivity index (χ1) is 10.9. The van der Waals surface area contributed by atoms with E-state index in [2.05, 4.69) is 14.7 Å². The lowest BCUT2D eigenvalue weighted by Crippen LogP contribution is -2.26. The Morgan fingerprint density at radius 2 is 1.83 bits per heavy atom. The minimum Gasteiger partial charge on any atom is -0.383 e. The molecule has 2 aromatic rings. The van der Waals surface area contributed by atoms with Crippen molar-refractivity contribution in [3.8, 4) is 11.3 Å². The lowest BCUT2D eigenvalue weighted by atomic mass is 10.1. The molecule has 1 heterocycles. The van der Waals surface area contributed by atoms with Crippen LogP contribution in [0, 0.1) is 6.92 Å². The molecule has 122 valence electrons. The highest BCUT2D eigenvalue weighted by atomic mass is 32.2. The first-order valence-electron chi connectivity index (χ1n) is 7.34. The fourth-order valence-corrected chi connectivity index (χ4v) is 3.65. The van der Waals surface area contributed by atoms with Crippen LogP contribution in [0.1, 0.15) is 24.0 Å². The standard InChI is InChI=1S/C15H19N5O2S/c1-9-13(19-15(17)20-14(9)16)11-4-2-10(3-5-11)8-18-23(21,22)12-6-7-12/h2-5,12,18H,6-8H2,1H3,(H4,16,17,19,20). The molecule has 8 heteroatoms. The largest absolute Gasteiger partial charge is 0.383 e. The van der Waals surface area contributed by atoms with Gasteiger partial charge < -0.3 is 11.5 Å². The third-order valence-electron chi connectivity index (χ3n) is 3.87. The van der Waals surface area contributed by atoms with Crippen molar-refractivity contribution in [2.24, 2.45) is 0 Å². The molecule has 23 heavy (non-hydrogen) atoms. The molecule has 0 saturated heterocycles. The van der Waals surface area contributed by atoms with E-state index in [0.29, 0.717) is 11.5 Å². The zero-order valence-electron chi connectivity index (χ0n) is 12.8. The monoisotopic (exact) mass is 333 g/mol. The summed E-state index contributed by atoms with van der Waals surface area (Å²) in [5, 5.41) is -0.212. The van der Waals surface area contributed by atoms with E-state index in [1.165, 1.54) is 0 Å². The van der Waals surface area contributed by atoms with Gasteiger partial charge in [-0.3, -0.25) is 0 Å². The van der Waals surface area contributed by atoms with Crippen molar-refractivity contribution in [2.75, 3.05) is 11.5 Å². The SMILES string of the molecule is Cc1c(N)nc(N)nc1-c1ccc(CNS(=O)(=O)C2CC2)cc1. The van der Waals surface area contributed by atoms with Gasteiger partial charge in [0.05, 0.1) is 10.9 Å². The molecule has 1 aliphatic carbocycles. The molecule has 0 radical (unpaired) electrons. The number of nitrogens with zero attached hydrogens (tertiary/aromatic N) is 2. The maximum atomic E-state index is 11.8. The third-order valence-corrected chi connectivity index (χ3v) is 5.76. The molecule has 0 bridgehead atoms. The Morgan fingerprint density at radius 1 is 1.17 bits per heavy atom. The van der Waals surface area contributed by atoms with Gasteiger partial charge in [-0.05, 0) is 25.3 Å². The summed E-state index contributed by atoms with van der Waals surface area (Å²) in [4.78, 5) is 8.15. The summed E-state index contributed by atoms with van der Waals surface area (Å²) in [6.07, 6.45) is 1.51. The first kappa shape index (κ1) is 15.7. The van der Waals surface area contributed by atoms with E-state index in [1.807, 2.05) is 31.2 Å². The van der Waals surface area contributed by atoms with E-state index in [-0.39, 0.29) is 17.7 Å². The minimum absolute atomic E-state index is 0.129. The van der Waals surface area contributed by atoms with Crippen molar-refractivity contribution in [3.05, 3.63) is 35.4 Å². The average Bonchev–Trinajstić information content (AvgIpc) is 3.35. The second-order valence-corrected chi connectivity index (χ2v) is 7.75. The Balaban J connectivity index is 1.77. The van der Waals surface area contributed by atoms with E-state index in [9.17, 15) is 8.42 Å². The normalized spacial score (nSPS) is 14.8. The van der Waals surface area contributed by atoms with Crippen molar-refractivity contribution in [3.63, 3.8) is 0 Å². The molecule has 0 atom stereocenters. The number of nitrogens with two attached hydrogens (primary N) is 2. The molecule has 0 unspecified atom stereocenters. The number of aromatic nitrogens is 2. The van der Waals surface area contributed by atoms with Crippen LogP contribution >= 0.6 is 0 Å². The Bertz CT molecular complexity index is 830. The van der Waals surface area contributed by atoms with Crippen LogP contribution in [-0.4, -0.2) is 23.6 Å². The van der Waals surface area contributed by atoms with Crippen molar-refractivity contribution in [2.45, 2.75) is 31.6 Å². The summed E-state index contributed by atoms with van der Waals surface area (Å²) in [5.41, 5.74) is 14.6. The zero-order valence-corrected chi connectivity index (χ0v) is 13.6. The molecule has 1 aliphatic rings. The van der Waals surface area contributed by atoms with Gasteiger partial charge in [0.15, 0.2) is 0 Å². The van der Waals surface area contributed by atoms with Crippen LogP contribution in [0.4, 0.5) is 11.8 Å². The number of nitrogen functional groups attached to an aromatic ring is 2. The predicted octanol–water partition coefficient (Wildman–Crippen LogP) is 1.20. The number of anilines is 2. The number of rotatable bonds is 5. The van der Waals surface area contributed by atoms with Gasteiger partial charge >= 0.3 is 0 Å². The summed E-state index contributed by atoms with van der Waals surface area (Å²) >= 11 is 0. The van der Waals surface area contributed by atoms with Gasteiger partial charge in [-0.1, -0.05) is 24.3 Å². The van der Waals surface area contributed by atoms with Gasteiger partial charge in [0.25, 0.3) is 0 Å². The smallest absolute Gasteiger partial charge is 0.222 e. The summed E-state index contributed by atoms with van der Waals surface area (Å²) in [6.45, 7) is 2.12. The molecule has 1 saturated carbocycles. The predicted molar refractivity (Wildman–Crippen MR) is 89.8 cm³/mol. The van der Waals surface area contributed by atoms with Gasteiger partial charge in [-0.2, -0.15) is 4.98 Å². The fraction of sp³-hybridized carbons (Fsp3) is 0.333. The topological polar surface area (TPSA) is 124 Å². The van der Waals surface area contributed by atoms with E-state index in [4.69, 9.17) is 11.5 Å². The lowest BCUT2D eigenvalue weighted by Gasteiger charge is -2.10. The van der Waals surface area contributed by atoms with E-state index < -0.39 is 10.0 Å². The van der Waals surface area contributed by atoms with Crippen LogP contribution in [0.5, 0.6) is 0 Å². The van der Waals surface area contributed by atoms with Gasteiger partial charge in [-0.15, -0.1) is 0 Å². The number of hydrogen-bond donors (Lipinski definition) is 3. The molecule has 0 amide bonds. The molecule has 7 nitrogen and oxygen atoms in total. The maximum Gasteiger partial charge on any atom is 0.222 e. The molecule has 1 aromatic carbocycles. The van der Waals surface area contributed by atoms with Gasteiger partial charge in [-0.25, -0.2) is 18.1 Å². The lowest BCUT2D eigenvalue weighted by molar-refractivity contribution is 0.580. The van der Waals surface area contributed by atoms with Crippen LogP contribution in [0.2, 0.25) is 0 Å². The van der Waals surface area contributed by atoms with E-state index >= 15 is 0 Å². The fourth-order valence-electron chi connectivity index (χ4n) is 2.29. The van der Waals surface area contributed by atoms with Crippen LogP contribution in [0.25, 0.3) is 11.3 Å². The second-order valence-electron chi connectivity index (χ2n) is 5.70. The van der Waals surface area contributed by atoms with Gasteiger partial charge in [0, 0.05) is 17.7 Å². The summed E-state index contributed by atoms with van der Waals surface area (Å²) in [5.74, 6) is 0.484. The van der Waals surface area contributed by atoms with Crippen molar-refractivity contribution in [1.29, 1.82) is 0 Å². The van der Waals surface area contributed by atoms with Crippen molar-refractivity contribution >= 4 is 21.8 Å². The van der Waals surface area contributed by atoms with Crippen LogP contribution < -0.4 is 16.2 Å². The molecular formula is C15H19N5O2S. The van der Waals surface area contributed by atoms with Crippen LogP contribution in [0.15, 0.2) is 24.3 Å². The van der Waals surface area contributed by atoms with Crippen molar-refractivity contribution in [1.82, 2.24) is 14.7 Å². The number of nitrogens with one attached hydrogen (secondary N) is 1. The molecule has 0 spiro atoms. The van der Waals surface area contributed by atoms with Gasteiger partial charge in [0.1, 0.15) is 5.82 Å². The Labute approximate surface area is 135 Å². The second kappa shape index (κ2) is 5.78. The van der Waals surface area contributed by atoms with Gasteiger partial charge in [0.2, 0.25) is 16.0 Å². The number of sulfonamides is 1. The minimum atomic E-state index is -3.17. The molecule has 1 fully saturated rings. The molecule has 5 N–H and O–H groups in total. The van der Waals surface area contributed by atoms with Crippen LogP contribution in [0.3, 0.4) is 0 Å². The Morgan fingerprint density at radius 3 is 2.43 bits per heavy atom. The number of benzene rings is 1. The average molecular weight is 333 g/mol. The quantitative estimate of drug-likeness (QED) is 0.755. The highest BCUT2D eigenvalue weighted by Gasteiger charge is 2.35. The van der Waals surface area contributed by atoms with Crippen molar-refractivity contribution < 1.29 is 8.42 Å². The summed E-state index contributed by atoms with van der Waals surface area (Å²) < 4.78 is 26.3. The first-order valence-corrected chi connectivity index (χ1v) is 8.89. The maximum absolute atomic E-state index is 11.8. The zero-order chi connectivity index (χ0) is 16.6. The highest BCUT2D eigenvalue weighted by molar-refractivity contribution is 7.90. The third kappa shape index (κ3) is 3.43. The Kier molecular flexibility index (Phi) is 3.95.